The molecule has 156 valence electrons. The van der Waals surface area contributed by atoms with Gasteiger partial charge in [-0.15, -0.1) is 0 Å². The Kier molecular flexibility index (Phi) is 5.43. The first-order valence-electron chi connectivity index (χ1n) is 12.2. The summed E-state index contributed by atoms with van der Waals surface area (Å²) in [4.78, 5) is 11.9. The Morgan fingerprint density at radius 2 is 1.82 bits per heavy atom. The molecule has 0 aromatic heterocycles. The Labute approximate surface area is 173 Å². The van der Waals surface area contributed by atoms with Crippen molar-refractivity contribution in [3.05, 3.63) is 23.8 Å². The van der Waals surface area contributed by atoms with Gasteiger partial charge in [0.15, 0.2) is 5.78 Å². The van der Waals surface area contributed by atoms with Gasteiger partial charge < -0.3 is 0 Å². The monoisotopic (exact) mass is 382 g/mol. The molecule has 0 aromatic carbocycles. The van der Waals surface area contributed by atoms with E-state index < -0.39 is 0 Å². The van der Waals surface area contributed by atoms with Gasteiger partial charge in [0.1, 0.15) is 0 Å². The molecule has 0 spiro atoms. The molecule has 4 rings (SSSR count). The van der Waals surface area contributed by atoms with E-state index in [-0.39, 0.29) is 11.2 Å². The Morgan fingerprint density at radius 3 is 2.57 bits per heavy atom. The smallest absolute Gasteiger partial charge is 0.178 e. The summed E-state index contributed by atoms with van der Waals surface area (Å²) in [6.07, 6.45) is 18.5. The fourth-order valence-electron chi connectivity index (χ4n) is 8.22. The molecule has 0 heterocycles. The van der Waals surface area contributed by atoms with Gasteiger partial charge in [0, 0.05) is 5.41 Å². The van der Waals surface area contributed by atoms with E-state index in [2.05, 4.69) is 40.7 Å². The van der Waals surface area contributed by atoms with Crippen molar-refractivity contribution in [1.29, 1.82) is 0 Å². The lowest BCUT2D eigenvalue weighted by atomic mass is 9.47. The van der Waals surface area contributed by atoms with Crippen molar-refractivity contribution in [1.82, 2.24) is 0 Å². The van der Waals surface area contributed by atoms with Crippen LogP contribution in [0.1, 0.15) is 92.4 Å². The number of hydrogen-bond donors (Lipinski definition) is 0. The van der Waals surface area contributed by atoms with Gasteiger partial charge in [-0.2, -0.15) is 0 Å². The maximum atomic E-state index is 11.9. The summed E-state index contributed by atoms with van der Waals surface area (Å²) in [5, 5.41) is 0. The van der Waals surface area contributed by atoms with Gasteiger partial charge in [-0.05, 0) is 91.6 Å². The van der Waals surface area contributed by atoms with Crippen molar-refractivity contribution in [3.63, 3.8) is 0 Å². The van der Waals surface area contributed by atoms with E-state index in [0.717, 1.165) is 41.9 Å². The normalized spacial score (nSPS) is 43.4. The van der Waals surface area contributed by atoms with Gasteiger partial charge in [0.2, 0.25) is 0 Å². The zero-order valence-corrected chi connectivity index (χ0v) is 19.0. The van der Waals surface area contributed by atoms with Crippen molar-refractivity contribution >= 4 is 5.78 Å². The number of rotatable bonds is 5. The lowest BCUT2D eigenvalue weighted by Crippen LogP contribution is -2.50. The van der Waals surface area contributed by atoms with Crippen LogP contribution < -0.4 is 0 Å². The summed E-state index contributed by atoms with van der Waals surface area (Å²) in [5.41, 5.74) is 2.14. The molecule has 1 heteroatoms. The topological polar surface area (TPSA) is 17.1 Å². The van der Waals surface area contributed by atoms with Crippen LogP contribution in [0.15, 0.2) is 23.8 Å². The van der Waals surface area contributed by atoms with Gasteiger partial charge in [-0.1, -0.05) is 65.5 Å². The molecule has 0 saturated heterocycles. The third kappa shape index (κ3) is 3.25. The summed E-state index contributed by atoms with van der Waals surface area (Å²) >= 11 is 0. The average molecular weight is 383 g/mol. The summed E-state index contributed by atoms with van der Waals surface area (Å²) in [6, 6.07) is 0. The first kappa shape index (κ1) is 20.4. The third-order valence-electron chi connectivity index (χ3n) is 9.76. The SMILES string of the molecule is CC(C)CCC[C@@H](C)C1CC[C@H]2[C@@H]3CCC4=CC(=O)C=C[C@]4(C)[C@H]3CC[C@]12C. The van der Waals surface area contributed by atoms with E-state index in [1.165, 1.54) is 56.9 Å². The Morgan fingerprint density at radius 1 is 1.04 bits per heavy atom. The second kappa shape index (κ2) is 7.44. The van der Waals surface area contributed by atoms with Crippen LogP contribution in [0.4, 0.5) is 0 Å². The number of carbonyl (C=O) groups excluding carboxylic acids is 1. The second-order valence-electron chi connectivity index (χ2n) is 11.6. The maximum Gasteiger partial charge on any atom is 0.178 e. The van der Waals surface area contributed by atoms with Gasteiger partial charge in [-0.3, -0.25) is 4.79 Å². The number of ketones is 1. The minimum atomic E-state index is 0.152. The first-order chi connectivity index (χ1) is 13.3. The molecule has 0 N–H and O–H groups in total. The molecule has 1 nitrogen and oxygen atoms in total. The largest absolute Gasteiger partial charge is 0.290 e. The molecular formula is C27H42O. The third-order valence-corrected chi connectivity index (χ3v) is 9.76. The quantitative estimate of drug-likeness (QED) is 0.485. The van der Waals surface area contributed by atoms with E-state index >= 15 is 0 Å². The summed E-state index contributed by atoms with van der Waals surface area (Å²) in [5.74, 6) is 5.40. The van der Waals surface area contributed by atoms with Gasteiger partial charge >= 0.3 is 0 Å². The van der Waals surface area contributed by atoms with Crippen molar-refractivity contribution in [2.75, 3.05) is 0 Å². The molecule has 0 bridgehead atoms. The molecule has 7 atom stereocenters. The van der Waals surface area contributed by atoms with Crippen LogP contribution in [-0.4, -0.2) is 5.78 Å². The standard InChI is InChI=1S/C27H42O/c1-18(2)7-6-8-19(3)23-11-12-24-22-10-9-20-17-21(28)13-15-26(20,4)25(22)14-16-27(23,24)5/h13,15,17-19,22-25H,6-12,14,16H2,1-5H3/t19-,22+,23?,24+,25+,26+,27-/m1/s1. The fraction of sp³-hybridized carbons (Fsp3) is 0.815. The van der Waals surface area contributed by atoms with E-state index in [1.807, 2.05) is 12.2 Å². The van der Waals surface area contributed by atoms with Crippen LogP contribution in [0.5, 0.6) is 0 Å². The molecule has 0 aromatic rings. The molecule has 3 saturated carbocycles. The Hall–Kier alpha value is -0.850. The minimum absolute atomic E-state index is 0.152. The molecule has 0 aliphatic heterocycles. The van der Waals surface area contributed by atoms with Gasteiger partial charge in [0.25, 0.3) is 0 Å². The summed E-state index contributed by atoms with van der Waals surface area (Å²) in [6.45, 7) is 12.4. The van der Waals surface area contributed by atoms with Crippen LogP contribution >= 0.6 is 0 Å². The van der Waals surface area contributed by atoms with Crippen LogP contribution in [0.2, 0.25) is 0 Å². The molecule has 0 amide bonds. The fourth-order valence-corrected chi connectivity index (χ4v) is 8.22. The molecule has 0 radical (unpaired) electrons. The number of fused-ring (bicyclic) bond motifs is 5. The van der Waals surface area contributed by atoms with Gasteiger partial charge in [-0.25, -0.2) is 0 Å². The highest BCUT2D eigenvalue weighted by Crippen LogP contribution is 2.67. The maximum absolute atomic E-state index is 11.9. The Balaban J connectivity index is 1.50. The zero-order valence-electron chi connectivity index (χ0n) is 19.0. The van der Waals surface area contributed by atoms with Crippen LogP contribution in [0, 0.1) is 46.3 Å². The minimum Gasteiger partial charge on any atom is -0.290 e. The molecule has 1 unspecified atom stereocenters. The predicted molar refractivity (Wildman–Crippen MR) is 118 cm³/mol. The molecule has 28 heavy (non-hydrogen) atoms. The van der Waals surface area contributed by atoms with Crippen molar-refractivity contribution in [3.8, 4) is 0 Å². The second-order valence-corrected chi connectivity index (χ2v) is 11.6. The highest BCUT2D eigenvalue weighted by atomic mass is 16.1. The highest BCUT2D eigenvalue weighted by molar-refractivity contribution is 6.01. The summed E-state index contributed by atoms with van der Waals surface area (Å²) < 4.78 is 0. The predicted octanol–water partition coefficient (Wildman–Crippen LogP) is 7.37. The van der Waals surface area contributed by atoms with Crippen molar-refractivity contribution < 1.29 is 4.79 Å². The number of allylic oxidation sites excluding steroid dienone is 4. The average Bonchev–Trinajstić information content (AvgIpc) is 2.99. The van der Waals surface area contributed by atoms with E-state index in [9.17, 15) is 4.79 Å². The van der Waals surface area contributed by atoms with Crippen LogP contribution in [0.3, 0.4) is 0 Å². The highest BCUT2D eigenvalue weighted by Gasteiger charge is 2.58. The van der Waals surface area contributed by atoms with Crippen molar-refractivity contribution in [2.45, 2.75) is 92.4 Å². The van der Waals surface area contributed by atoms with Crippen molar-refractivity contribution in [2.24, 2.45) is 46.3 Å². The van der Waals surface area contributed by atoms with Crippen LogP contribution in [0.25, 0.3) is 0 Å². The number of carbonyl (C=O) groups is 1. The summed E-state index contributed by atoms with van der Waals surface area (Å²) in [7, 11) is 0. The Bertz CT molecular complexity index is 670. The first-order valence-corrected chi connectivity index (χ1v) is 12.2. The van der Waals surface area contributed by atoms with Crippen LogP contribution in [-0.2, 0) is 4.79 Å². The molecule has 3 fully saturated rings. The number of hydrogen-bond acceptors (Lipinski definition) is 1. The van der Waals surface area contributed by atoms with E-state index in [0.29, 0.717) is 5.41 Å². The van der Waals surface area contributed by atoms with E-state index in [1.54, 1.807) is 0 Å². The lowest BCUT2D eigenvalue weighted by Gasteiger charge is -2.57. The van der Waals surface area contributed by atoms with Gasteiger partial charge in [0.05, 0.1) is 0 Å². The zero-order chi connectivity index (χ0) is 20.1. The molecular weight excluding hydrogens is 340 g/mol. The molecule has 4 aliphatic rings. The lowest BCUT2D eigenvalue weighted by molar-refractivity contribution is -0.111. The molecule has 4 aliphatic carbocycles. The van der Waals surface area contributed by atoms with E-state index in [4.69, 9.17) is 0 Å².